The molecule has 3 aromatic rings. The summed E-state index contributed by atoms with van der Waals surface area (Å²) in [7, 11) is -1.73. The van der Waals surface area contributed by atoms with E-state index in [0.29, 0.717) is 11.5 Å². The van der Waals surface area contributed by atoms with Crippen LogP contribution in [0.1, 0.15) is 61.8 Å². The average Bonchev–Trinajstić information content (AvgIpc) is 3.22. The van der Waals surface area contributed by atoms with Gasteiger partial charge in [0.2, 0.25) is 0 Å². The van der Waals surface area contributed by atoms with Crippen molar-refractivity contribution in [1.82, 2.24) is 0 Å². The molecule has 0 saturated heterocycles. The van der Waals surface area contributed by atoms with Crippen LogP contribution in [0.5, 0.6) is 0 Å². The number of hydrogen-bond donors (Lipinski definition) is 0. The largest absolute Gasteiger partial charge is 1.00 e. The van der Waals surface area contributed by atoms with Crippen molar-refractivity contribution >= 4 is 29.6 Å². The summed E-state index contributed by atoms with van der Waals surface area (Å²) in [6.45, 7) is 12.1. The fraction of sp³-hybridized carbons (Fsp3) is 0.346. The van der Waals surface area contributed by atoms with E-state index in [0.717, 1.165) is 0 Å². The van der Waals surface area contributed by atoms with Crippen LogP contribution in [-0.2, 0) is 0 Å². The number of allylic oxidation sites excluding steroid dienone is 2. The zero-order valence-corrected chi connectivity index (χ0v) is 19.3. The molecule has 2 heteroatoms. The molecule has 0 heterocycles. The Labute approximate surface area is 183 Å². The Morgan fingerprint density at radius 2 is 1.71 bits per heavy atom. The van der Waals surface area contributed by atoms with E-state index in [9.17, 15) is 0 Å². The molecular formula is C26H31LiSi. The summed E-state index contributed by atoms with van der Waals surface area (Å²) >= 11 is 0. The van der Waals surface area contributed by atoms with Crippen molar-refractivity contribution in [3.63, 3.8) is 0 Å². The standard InChI is InChI=1S/C26H31Si.Li/c1-6-11-18(2)24-17-26(23-15-10-8-13-21(23)24)27(4,5)25-16-19(3)20-12-7-9-14-22(20)25;/h7-10,12-18,25H,6,11H2,1-5H3;/q-1;+1. The maximum absolute atomic E-state index is 2.58. The van der Waals surface area contributed by atoms with Crippen LogP contribution in [0.4, 0.5) is 0 Å². The first-order valence-electron chi connectivity index (χ1n) is 10.4. The maximum atomic E-state index is 2.58. The predicted molar refractivity (Wildman–Crippen MR) is 123 cm³/mol. The van der Waals surface area contributed by atoms with Crippen molar-refractivity contribution in [2.45, 2.75) is 58.2 Å². The summed E-state index contributed by atoms with van der Waals surface area (Å²) in [5, 5.41) is 4.63. The molecule has 1 aliphatic carbocycles. The zero-order valence-electron chi connectivity index (χ0n) is 18.3. The van der Waals surface area contributed by atoms with E-state index in [4.69, 9.17) is 0 Å². The van der Waals surface area contributed by atoms with E-state index in [2.05, 4.69) is 94.5 Å². The molecular weight excluding hydrogens is 347 g/mol. The Morgan fingerprint density at radius 1 is 1.04 bits per heavy atom. The summed E-state index contributed by atoms with van der Waals surface area (Å²) in [6, 6.07) is 20.7. The van der Waals surface area contributed by atoms with Gasteiger partial charge in [0.25, 0.3) is 0 Å². The first-order chi connectivity index (χ1) is 12.9. The summed E-state index contributed by atoms with van der Waals surface area (Å²) in [5.74, 6) is 0.631. The molecule has 2 atom stereocenters. The molecule has 0 radical (unpaired) electrons. The first-order valence-corrected chi connectivity index (χ1v) is 13.5. The first kappa shape index (κ1) is 21.3. The Morgan fingerprint density at radius 3 is 2.46 bits per heavy atom. The van der Waals surface area contributed by atoms with Crippen molar-refractivity contribution in [1.29, 1.82) is 0 Å². The SMILES string of the molecule is CCCC(C)c1c[c-]([Si](C)(C)C2C=C(C)c3ccccc32)c2ccccc12.[Li+]. The quantitative estimate of drug-likeness (QED) is 0.463. The normalized spacial score (nSPS) is 17.2. The van der Waals surface area contributed by atoms with Gasteiger partial charge in [0, 0.05) is 8.07 Å². The molecule has 0 aromatic heterocycles. The van der Waals surface area contributed by atoms with Crippen LogP contribution in [0.25, 0.3) is 16.3 Å². The maximum Gasteiger partial charge on any atom is 1.00 e. The van der Waals surface area contributed by atoms with Gasteiger partial charge in [-0.2, -0.15) is 5.56 Å². The van der Waals surface area contributed by atoms with E-state index in [1.54, 1.807) is 16.3 Å². The molecule has 0 nitrogen and oxygen atoms in total. The fourth-order valence-corrected chi connectivity index (χ4v) is 8.60. The minimum absolute atomic E-state index is 0. The van der Waals surface area contributed by atoms with E-state index in [1.165, 1.54) is 34.8 Å². The summed E-state index contributed by atoms with van der Waals surface area (Å²) in [6.07, 6.45) is 5.06. The van der Waals surface area contributed by atoms with Crippen LogP contribution in [0.15, 0.2) is 60.7 Å². The second kappa shape index (κ2) is 8.15. The molecule has 4 rings (SSSR count). The molecule has 140 valence electrons. The van der Waals surface area contributed by atoms with E-state index < -0.39 is 8.07 Å². The molecule has 3 aromatic carbocycles. The third-order valence-electron chi connectivity index (χ3n) is 6.69. The number of hydrogen-bond acceptors (Lipinski definition) is 0. The molecule has 0 fully saturated rings. The van der Waals surface area contributed by atoms with Crippen LogP contribution < -0.4 is 24.0 Å². The molecule has 0 bridgehead atoms. The molecule has 28 heavy (non-hydrogen) atoms. The van der Waals surface area contributed by atoms with Crippen molar-refractivity contribution < 1.29 is 18.9 Å². The Balaban J connectivity index is 0.00000225. The Bertz CT molecular complexity index is 1010. The summed E-state index contributed by atoms with van der Waals surface area (Å²) in [4.78, 5) is 0. The second-order valence-corrected chi connectivity index (χ2v) is 13.5. The van der Waals surface area contributed by atoms with Crippen LogP contribution in [0.3, 0.4) is 0 Å². The van der Waals surface area contributed by atoms with Gasteiger partial charge >= 0.3 is 18.9 Å². The van der Waals surface area contributed by atoms with Crippen molar-refractivity contribution in [2.75, 3.05) is 0 Å². The smallest absolute Gasteiger partial charge is 0.150 e. The fourth-order valence-electron chi connectivity index (χ4n) is 5.13. The van der Waals surface area contributed by atoms with E-state index >= 15 is 0 Å². The number of fused-ring (bicyclic) bond motifs is 2. The van der Waals surface area contributed by atoms with Gasteiger partial charge in [-0.1, -0.05) is 82.1 Å². The van der Waals surface area contributed by atoms with Gasteiger partial charge < -0.3 is 0 Å². The predicted octanol–water partition coefficient (Wildman–Crippen LogP) is 4.12. The van der Waals surface area contributed by atoms with Crippen LogP contribution in [-0.4, -0.2) is 8.07 Å². The Kier molecular flexibility index (Phi) is 6.21. The summed E-state index contributed by atoms with van der Waals surface area (Å²) < 4.78 is 0. The number of benzene rings is 2. The van der Waals surface area contributed by atoms with Crippen molar-refractivity contribution in [3.8, 4) is 0 Å². The average molecular weight is 379 g/mol. The van der Waals surface area contributed by atoms with Gasteiger partial charge in [0.15, 0.2) is 0 Å². The molecule has 0 aliphatic heterocycles. The topological polar surface area (TPSA) is 0 Å². The van der Waals surface area contributed by atoms with Gasteiger partial charge in [-0.05, 0) is 29.2 Å². The van der Waals surface area contributed by atoms with Crippen molar-refractivity contribution in [2.24, 2.45) is 0 Å². The molecule has 0 spiro atoms. The minimum Gasteiger partial charge on any atom is -0.150 e. The molecule has 0 saturated carbocycles. The summed E-state index contributed by atoms with van der Waals surface area (Å²) in [5.41, 5.74) is 6.58. The van der Waals surface area contributed by atoms with Gasteiger partial charge in [-0.3, -0.25) is 0 Å². The van der Waals surface area contributed by atoms with Crippen LogP contribution in [0.2, 0.25) is 13.1 Å². The third-order valence-corrected chi connectivity index (χ3v) is 10.5. The monoisotopic (exact) mass is 378 g/mol. The van der Waals surface area contributed by atoms with E-state index in [-0.39, 0.29) is 18.9 Å². The molecule has 1 aliphatic rings. The third kappa shape index (κ3) is 3.39. The molecule has 2 unspecified atom stereocenters. The number of rotatable bonds is 5. The van der Waals surface area contributed by atoms with E-state index in [1.807, 2.05) is 0 Å². The Hall–Kier alpha value is -1.40. The van der Waals surface area contributed by atoms with Crippen LogP contribution in [0, 0.1) is 0 Å². The minimum atomic E-state index is -1.73. The molecule has 0 N–H and O–H groups in total. The van der Waals surface area contributed by atoms with Gasteiger partial charge in [-0.15, -0.1) is 40.2 Å². The van der Waals surface area contributed by atoms with Gasteiger partial charge in [0.1, 0.15) is 0 Å². The molecule has 0 amide bonds. The van der Waals surface area contributed by atoms with Gasteiger partial charge in [0.05, 0.1) is 0 Å². The van der Waals surface area contributed by atoms with Crippen molar-refractivity contribution in [3.05, 3.63) is 77.4 Å². The second-order valence-electron chi connectivity index (χ2n) is 8.88. The van der Waals surface area contributed by atoms with Crippen LogP contribution >= 0.6 is 0 Å². The zero-order chi connectivity index (χ0) is 19.2. The van der Waals surface area contributed by atoms with Gasteiger partial charge in [-0.25, -0.2) is 0 Å².